The van der Waals surface area contributed by atoms with Crippen molar-refractivity contribution in [2.45, 2.75) is 19.4 Å². The summed E-state index contributed by atoms with van der Waals surface area (Å²) in [4.78, 5) is 11.6. The highest BCUT2D eigenvalue weighted by Gasteiger charge is 2.24. The van der Waals surface area contributed by atoms with Crippen LogP contribution in [0.25, 0.3) is 10.9 Å². The Hall–Kier alpha value is -1.88. The SMILES string of the molecule is CCC1COCCN1c1nc(NC)nc2ccccc12. The van der Waals surface area contributed by atoms with Crippen molar-refractivity contribution < 1.29 is 4.74 Å². The van der Waals surface area contributed by atoms with E-state index in [9.17, 15) is 0 Å². The van der Waals surface area contributed by atoms with Crippen LogP contribution in [0, 0.1) is 0 Å². The summed E-state index contributed by atoms with van der Waals surface area (Å²) in [5.41, 5.74) is 0.975. The molecular formula is C15H20N4O. The third kappa shape index (κ3) is 2.29. The fourth-order valence-electron chi connectivity index (χ4n) is 2.66. The van der Waals surface area contributed by atoms with Gasteiger partial charge in [-0.3, -0.25) is 0 Å². The molecule has 1 unspecified atom stereocenters. The molecule has 1 aromatic carbocycles. The lowest BCUT2D eigenvalue weighted by molar-refractivity contribution is 0.0927. The number of fused-ring (bicyclic) bond motifs is 1. The molecule has 20 heavy (non-hydrogen) atoms. The number of morpholine rings is 1. The Balaban J connectivity index is 2.13. The first-order chi connectivity index (χ1) is 9.83. The van der Waals surface area contributed by atoms with Crippen LogP contribution in [0.4, 0.5) is 11.8 Å². The summed E-state index contributed by atoms with van der Waals surface area (Å²) < 4.78 is 5.59. The summed E-state index contributed by atoms with van der Waals surface area (Å²) in [6.07, 6.45) is 1.05. The Morgan fingerprint density at radius 1 is 1.35 bits per heavy atom. The normalized spacial score (nSPS) is 19.3. The second-order valence-corrected chi connectivity index (χ2v) is 4.97. The molecule has 0 amide bonds. The number of hydrogen-bond acceptors (Lipinski definition) is 5. The van der Waals surface area contributed by atoms with E-state index in [4.69, 9.17) is 4.74 Å². The third-order valence-electron chi connectivity index (χ3n) is 3.78. The lowest BCUT2D eigenvalue weighted by atomic mass is 10.1. The number of ether oxygens (including phenoxy) is 1. The number of rotatable bonds is 3. The largest absolute Gasteiger partial charge is 0.377 e. The number of nitrogens with one attached hydrogen (secondary N) is 1. The van der Waals surface area contributed by atoms with Gasteiger partial charge < -0.3 is 15.0 Å². The van der Waals surface area contributed by atoms with Crippen LogP contribution in [0.1, 0.15) is 13.3 Å². The van der Waals surface area contributed by atoms with Crippen LogP contribution in [0.15, 0.2) is 24.3 Å². The summed E-state index contributed by atoms with van der Waals surface area (Å²) in [5, 5.41) is 4.15. The van der Waals surface area contributed by atoms with Gasteiger partial charge in [0.2, 0.25) is 5.95 Å². The highest BCUT2D eigenvalue weighted by molar-refractivity contribution is 5.90. The average Bonchev–Trinajstić information content (AvgIpc) is 2.53. The first-order valence-electron chi connectivity index (χ1n) is 7.12. The second-order valence-electron chi connectivity index (χ2n) is 4.97. The van der Waals surface area contributed by atoms with E-state index in [2.05, 4.69) is 33.2 Å². The molecule has 106 valence electrons. The van der Waals surface area contributed by atoms with Crippen molar-refractivity contribution >= 4 is 22.7 Å². The van der Waals surface area contributed by atoms with Gasteiger partial charge in [0, 0.05) is 19.0 Å². The van der Waals surface area contributed by atoms with Crippen LogP contribution >= 0.6 is 0 Å². The minimum Gasteiger partial charge on any atom is -0.377 e. The fraction of sp³-hybridized carbons (Fsp3) is 0.467. The molecular weight excluding hydrogens is 252 g/mol. The molecule has 0 aliphatic carbocycles. The predicted octanol–water partition coefficient (Wildman–Crippen LogP) is 2.29. The number of para-hydroxylation sites is 1. The van der Waals surface area contributed by atoms with E-state index in [1.54, 1.807) is 0 Å². The van der Waals surface area contributed by atoms with E-state index < -0.39 is 0 Å². The molecule has 3 rings (SSSR count). The van der Waals surface area contributed by atoms with Crippen molar-refractivity contribution in [2.24, 2.45) is 0 Å². The Labute approximate surface area is 119 Å². The molecule has 2 heterocycles. The summed E-state index contributed by atoms with van der Waals surface area (Å²) in [6.45, 7) is 4.59. The molecule has 1 fully saturated rings. The molecule has 1 saturated heterocycles. The quantitative estimate of drug-likeness (QED) is 0.929. The van der Waals surface area contributed by atoms with Gasteiger partial charge in [-0.05, 0) is 18.6 Å². The molecule has 2 aromatic rings. The van der Waals surface area contributed by atoms with Gasteiger partial charge in [-0.25, -0.2) is 4.98 Å². The van der Waals surface area contributed by atoms with E-state index in [1.807, 2.05) is 25.2 Å². The van der Waals surface area contributed by atoms with Gasteiger partial charge in [0.05, 0.1) is 24.8 Å². The predicted molar refractivity (Wildman–Crippen MR) is 81.3 cm³/mol. The Bertz CT molecular complexity index is 601. The van der Waals surface area contributed by atoms with Crippen LogP contribution in [-0.2, 0) is 4.74 Å². The maximum absolute atomic E-state index is 5.59. The first-order valence-corrected chi connectivity index (χ1v) is 7.12. The topological polar surface area (TPSA) is 50.3 Å². The van der Waals surface area contributed by atoms with Crippen LogP contribution in [0.5, 0.6) is 0 Å². The number of hydrogen-bond donors (Lipinski definition) is 1. The van der Waals surface area contributed by atoms with Crippen molar-refractivity contribution in [1.82, 2.24) is 9.97 Å². The Morgan fingerprint density at radius 3 is 3.00 bits per heavy atom. The second kappa shape index (κ2) is 5.63. The monoisotopic (exact) mass is 272 g/mol. The zero-order chi connectivity index (χ0) is 13.9. The number of nitrogens with zero attached hydrogens (tertiary/aromatic N) is 3. The molecule has 1 N–H and O–H groups in total. The Morgan fingerprint density at radius 2 is 2.20 bits per heavy atom. The summed E-state index contributed by atoms with van der Waals surface area (Å²) in [5.74, 6) is 1.68. The molecule has 5 nitrogen and oxygen atoms in total. The van der Waals surface area contributed by atoms with Crippen molar-refractivity contribution in [2.75, 3.05) is 37.0 Å². The third-order valence-corrected chi connectivity index (χ3v) is 3.78. The molecule has 1 atom stereocenters. The highest BCUT2D eigenvalue weighted by atomic mass is 16.5. The number of anilines is 2. The van der Waals surface area contributed by atoms with Crippen LogP contribution < -0.4 is 10.2 Å². The fourth-order valence-corrected chi connectivity index (χ4v) is 2.66. The van der Waals surface area contributed by atoms with Crippen LogP contribution in [0.2, 0.25) is 0 Å². The highest BCUT2D eigenvalue weighted by Crippen LogP contribution is 2.28. The van der Waals surface area contributed by atoms with Gasteiger partial charge in [0.15, 0.2) is 0 Å². The van der Waals surface area contributed by atoms with Gasteiger partial charge in [-0.15, -0.1) is 0 Å². The maximum atomic E-state index is 5.59. The van der Waals surface area contributed by atoms with Gasteiger partial charge in [0.25, 0.3) is 0 Å². The molecule has 0 bridgehead atoms. The van der Waals surface area contributed by atoms with Crippen LogP contribution in [0.3, 0.4) is 0 Å². The van der Waals surface area contributed by atoms with E-state index in [0.29, 0.717) is 12.0 Å². The standard InChI is InChI=1S/C15H20N4O/c1-3-11-10-20-9-8-19(11)14-12-6-4-5-7-13(12)17-15(16-2)18-14/h4-7,11H,3,8-10H2,1-2H3,(H,16,17,18). The summed E-state index contributed by atoms with van der Waals surface area (Å²) >= 11 is 0. The molecule has 5 heteroatoms. The molecule has 1 aromatic heterocycles. The van der Waals surface area contributed by atoms with E-state index >= 15 is 0 Å². The lowest BCUT2D eigenvalue weighted by Crippen LogP contribution is -2.45. The smallest absolute Gasteiger partial charge is 0.224 e. The molecule has 0 spiro atoms. The minimum absolute atomic E-state index is 0.381. The molecule has 0 radical (unpaired) electrons. The maximum Gasteiger partial charge on any atom is 0.224 e. The lowest BCUT2D eigenvalue weighted by Gasteiger charge is -2.36. The molecule has 0 saturated carbocycles. The zero-order valence-electron chi connectivity index (χ0n) is 12.0. The van der Waals surface area contributed by atoms with Gasteiger partial charge in [-0.1, -0.05) is 19.1 Å². The van der Waals surface area contributed by atoms with Crippen molar-refractivity contribution in [1.29, 1.82) is 0 Å². The minimum atomic E-state index is 0.381. The first kappa shape index (κ1) is 13.1. The Kier molecular flexibility index (Phi) is 3.69. The van der Waals surface area contributed by atoms with Gasteiger partial charge >= 0.3 is 0 Å². The van der Waals surface area contributed by atoms with E-state index in [0.717, 1.165) is 42.9 Å². The number of benzene rings is 1. The van der Waals surface area contributed by atoms with Crippen molar-refractivity contribution in [3.8, 4) is 0 Å². The average molecular weight is 272 g/mol. The van der Waals surface area contributed by atoms with Gasteiger partial charge in [-0.2, -0.15) is 4.98 Å². The van der Waals surface area contributed by atoms with Crippen molar-refractivity contribution in [3.63, 3.8) is 0 Å². The number of aromatic nitrogens is 2. The van der Waals surface area contributed by atoms with Gasteiger partial charge in [0.1, 0.15) is 5.82 Å². The van der Waals surface area contributed by atoms with Crippen LogP contribution in [-0.4, -0.2) is 42.8 Å². The zero-order valence-corrected chi connectivity index (χ0v) is 12.0. The van der Waals surface area contributed by atoms with Crippen molar-refractivity contribution in [3.05, 3.63) is 24.3 Å². The molecule has 1 aliphatic rings. The summed E-state index contributed by atoms with van der Waals surface area (Å²) in [6, 6.07) is 8.55. The summed E-state index contributed by atoms with van der Waals surface area (Å²) in [7, 11) is 1.85. The van der Waals surface area contributed by atoms with E-state index in [1.165, 1.54) is 0 Å². The van der Waals surface area contributed by atoms with E-state index in [-0.39, 0.29) is 0 Å². The molecule has 1 aliphatic heterocycles.